The Morgan fingerprint density at radius 1 is 0.677 bits per heavy atom. The van der Waals surface area contributed by atoms with Crippen molar-refractivity contribution < 1.29 is 0 Å². The van der Waals surface area contributed by atoms with Crippen molar-refractivity contribution in [3.05, 3.63) is 101 Å². The minimum absolute atomic E-state index is 1.11. The fraction of sp³-hybridized carbons (Fsp3) is 0.0714. The van der Waals surface area contributed by atoms with Crippen LogP contribution in [0, 0.1) is 0 Å². The van der Waals surface area contributed by atoms with Gasteiger partial charge in [0.1, 0.15) is 0 Å². The van der Waals surface area contributed by atoms with E-state index < -0.39 is 0 Å². The maximum atomic E-state index is 3.61. The first-order valence-corrected chi connectivity index (χ1v) is 12.2. The van der Waals surface area contributed by atoms with Crippen molar-refractivity contribution in [1.29, 1.82) is 0 Å². The number of aryl methyl sites for hydroxylation is 1. The zero-order valence-corrected chi connectivity index (χ0v) is 18.6. The van der Waals surface area contributed by atoms with Crippen LogP contribution in [0.25, 0.3) is 37.0 Å². The van der Waals surface area contributed by atoms with Crippen LogP contribution in [0.3, 0.4) is 0 Å². The summed E-state index contributed by atoms with van der Waals surface area (Å²) in [4.78, 5) is 4.15. The molecule has 0 amide bonds. The monoisotopic (exact) mass is 435 g/mol. The highest BCUT2D eigenvalue weighted by Crippen LogP contribution is 2.37. The Hall–Kier alpha value is -3.14. The lowest BCUT2D eigenvalue weighted by Gasteiger charge is -2.09. The molecule has 5 aromatic rings. The van der Waals surface area contributed by atoms with Crippen molar-refractivity contribution in [2.45, 2.75) is 12.8 Å². The third kappa shape index (κ3) is 3.71. The summed E-state index contributed by atoms with van der Waals surface area (Å²) in [6.07, 6.45) is 6.87. The zero-order chi connectivity index (χ0) is 20.6. The van der Waals surface area contributed by atoms with Gasteiger partial charge in [-0.15, -0.1) is 22.7 Å². The van der Waals surface area contributed by atoms with Gasteiger partial charge in [-0.05, 0) is 77.4 Å². The van der Waals surface area contributed by atoms with E-state index in [-0.39, 0.29) is 0 Å². The topological polar surface area (TPSA) is 12.0 Å². The molecule has 0 bridgehead atoms. The second-order valence-corrected chi connectivity index (χ2v) is 10.1. The predicted octanol–water partition coefficient (Wildman–Crippen LogP) is 9.00. The fourth-order valence-electron chi connectivity index (χ4n) is 4.14. The minimum Gasteiger partial charge on any atom is -0.355 e. The second-order valence-electron chi connectivity index (χ2n) is 7.87. The number of rotatable bonds is 4. The highest BCUT2D eigenvalue weighted by molar-refractivity contribution is 7.22. The first-order chi connectivity index (χ1) is 15.3. The number of benzene rings is 3. The molecule has 1 aliphatic rings. The number of thiophene rings is 2. The van der Waals surface area contributed by atoms with E-state index in [9.17, 15) is 0 Å². The first kappa shape index (κ1) is 18.6. The highest BCUT2D eigenvalue weighted by atomic mass is 32.1. The summed E-state index contributed by atoms with van der Waals surface area (Å²) in [6.45, 7) is 0. The molecular formula is C28H21NS2. The van der Waals surface area contributed by atoms with Crippen molar-refractivity contribution in [3.63, 3.8) is 0 Å². The number of hydrogen-bond acceptors (Lipinski definition) is 3. The van der Waals surface area contributed by atoms with E-state index in [0.717, 1.165) is 17.8 Å². The molecule has 0 aliphatic heterocycles. The molecule has 1 nitrogen and oxygen atoms in total. The van der Waals surface area contributed by atoms with Crippen LogP contribution in [0.1, 0.15) is 16.9 Å². The molecule has 0 saturated carbocycles. The average Bonchev–Trinajstić information content (AvgIpc) is 3.44. The second kappa shape index (κ2) is 7.84. The molecule has 2 heterocycles. The number of allylic oxidation sites excluding steroid dienone is 1. The van der Waals surface area contributed by atoms with E-state index in [0.29, 0.717) is 0 Å². The first-order valence-electron chi connectivity index (χ1n) is 10.6. The van der Waals surface area contributed by atoms with E-state index in [1.54, 1.807) is 0 Å². The predicted molar refractivity (Wildman–Crippen MR) is 138 cm³/mol. The molecule has 0 unspecified atom stereocenters. The summed E-state index contributed by atoms with van der Waals surface area (Å²) in [5, 5.41) is 4.92. The van der Waals surface area contributed by atoms with E-state index >= 15 is 0 Å². The molecule has 0 saturated heterocycles. The largest absolute Gasteiger partial charge is 0.355 e. The van der Waals surface area contributed by atoms with Crippen LogP contribution in [0.15, 0.2) is 91.0 Å². The van der Waals surface area contributed by atoms with Gasteiger partial charge < -0.3 is 5.32 Å². The van der Waals surface area contributed by atoms with Gasteiger partial charge in [0, 0.05) is 30.7 Å². The van der Waals surface area contributed by atoms with Crippen molar-refractivity contribution in [2.75, 3.05) is 5.32 Å². The maximum Gasteiger partial charge on any atom is 0.0390 e. The van der Waals surface area contributed by atoms with Gasteiger partial charge in [0.2, 0.25) is 0 Å². The summed E-state index contributed by atoms with van der Waals surface area (Å²) in [5.74, 6) is 0. The van der Waals surface area contributed by atoms with Gasteiger partial charge in [-0.1, -0.05) is 54.6 Å². The SMILES string of the molecule is C1=Cc2cc(-c3cccc(Nc4cccc(-c5cc6ccccc6s5)c4)c3)sc2CC1. The molecule has 1 aliphatic carbocycles. The van der Waals surface area contributed by atoms with Crippen LogP contribution in [-0.2, 0) is 6.42 Å². The Morgan fingerprint density at radius 2 is 1.42 bits per heavy atom. The Morgan fingerprint density at radius 3 is 2.16 bits per heavy atom. The molecular weight excluding hydrogens is 414 g/mol. The molecule has 150 valence electrons. The average molecular weight is 436 g/mol. The van der Waals surface area contributed by atoms with Crippen LogP contribution in [0.2, 0.25) is 0 Å². The maximum absolute atomic E-state index is 3.61. The van der Waals surface area contributed by atoms with Crippen LogP contribution >= 0.6 is 22.7 Å². The molecule has 31 heavy (non-hydrogen) atoms. The minimum atomic E-state index is 1.11. The molecule has 2 aromatic heterocycles. The number of nitrogens with one attached hydrogen (secondary N) is 1. The van der Waals surface area contributed by atoms with Gasteiger partial charge in [-0.3, -0.25) is 0 Å². The van der Waals surface area contributed by atoms with E-state index in [1.165, 1.54) is 47.8 Å². The third-order valence-electron chi connectivity index (χ3n) is 5.69. The van der Waals surface area contributed by atoms with Gasteiger partial charge in [0.15, 0.2) is 0 Å². The summed E-state index contributed by atoms with van der Waals surface area (Å²) in [6, 6.07) is 30.6. The van der Waals surface area contributed by atoms with Crippen molar-refractivity contribution >= 4 is 50.2 Å². The molecule has 3 aromatic carbocycles. The van der Waals surface area contributed by atoms with Crippen molar-refractivity contribution in [3.8, 4) is 20.9 Å². The lowest BCUT2D eigenvalue weighted by Crippen LogP contribution is -1.90. The quantitative estimate of drug-likeness (QED) is 0.297. The summed E-state index contributed by atoms with van der Waals surface area (Å²) < 4.78 is 1.33. The van der Waals surface area contributed by atoms with Crippen molar-refractivity contribution in [1.82, 2.24) is 0 Å². The van der Waals surface area contributed by atoms with E-state index in [2.05, 4.69) is 102 Å². The standard InChI is InChI=1S/C28H21NS2/c1-3-13-25-21(7-1)17-27(30-25)19-9-5-11-23(15-19)29-24-12-6-10-20(16-24)28-18-22-8-2-4-14-26(22)31-28/h1-3,5-13,15-18,29H,4,14H2. The Bertz CT molecular complexity index is 1390. The number of anilines is 2. The lowest BCUT2D eigenvalue weighted by atomic mass is 10.1. The summed E-state index contributed by atoms with van der Waals surface area (Å²) >= 11 is 3.77. The summed E-state index contributed by atoms with van der Waals surface area (Å²) in [5.41, 5.74) is 6.15. The Labute approximate surface area is 190 Å². The van der Waals surface area contributed by atoms with Crippen LogP contribution in [-0.4, -0.2) is 0 Å². The Kier molecular flexibility index (Phi) is 4.71. The normalized spacial score (nSPS) is 12.8. The molecule has 0 radical (unpaired) electrons. The smallest absolute Gasteiger partial charge is 0.0390 e. The van der Waals surface area contributed by atoms with Crippen LogP contribution in [0.4, 0.5) is 11.4 Å². The zero-order valence-electron chi connectivity index (χ0n) is 17.0. The van der Waals surface area contributed by atoms with Crippen LogP contribution < -0.4 is 5.32 Å². The Balaban J connectivity index is 1.28. The van der Waals surface area contributed by atoms with Gasteiger partial charge >= 0.3 is 0 Å². The number of fused-ring (bicyclic) bond motifs is 2. The molecule has 0 spiro atoms. The highest BCUT2D eigenvalue weighted by Gasteiger charge is 2.11. The van der Waals surface area contributed by atoms with Gasteiger partial charge in [-0.25, -0.2) is 0 Å². The van der Waals surface area contributed by atoms with Gasteiger partial charge in [0.25, 0.3) is 0 Å². The molecule has 0 atom stereocenters. The van der Waals surface area contributed by atoms with Gasteiger partial charge in [0.05, 0.1) is 0 Å². The number of hydrogen-bond donors (Lipinski definition) is 1. The van der Waals surface area contributed by atoms with Crippen molar-refractivity contribution in [2.24, 2.45) is 0 Å². The van der Waals surface area contributed by atoms with E-state index in [1.807, 2.05) is 22.7 Å². The molecule has 1 N–H and O–H groups in total. The van der Waals surface area contributed by atoms with Crippen LogP contribution in [0.5, 0.6) is 0 Å². The van der Waals surface area contributed by atoms with E-state index in [4.69, 9.17) is 0 Å². The third-order valence-corrected chi connectivity index (χ3v) is 8.11. The molecule has 3 heteroatoms. The molecule has 0 fully saturated rings. The molecule has 6 rings (SSSR count). The van der Waals surface area contributed by atoms with Gasteiger partial charge in [-0.2, -0.15) is 0 Å². The lowest BCUT2D eigenvalue weighted by molar-refractivity contribution is 1.01. The fourth-order valence-corrected chi connectivity index (χ4v) is 6.36. The summed E-state index contributed by atoms with van der Waals surface area (Å²) in [7, 11) is 0.